The quantitative estimate of drug-likeness (QED) is 0.760. The van der Waals surface area contributed by atoms with Crippen LogP contribution in [0.5, 0.6) is 0 Å². The zero-order valence-electron chi connectivity index (χ0n) is 11.5. The maximum atomic E-state index is 11.0. The van der Waals surface area contributed by atoms with Crippen LogP contribution in [-0.2, 0) is 11.3 Å². The monoisotopic (exact) mass is 296 g/mol. The van der Waals surface area contributed by atoms with E-state index in [4.69, 9.17) is 22.1 Å². The lowest BCUT2D eigenvalue weighted by Gasteiger charge is -2.12. The smallest absolute Gasteiger partial charge is 0.248 e. The molecule has 1 aromatic carbocycles. The molecular formula is C15H21ClN2O2. The van der Waals surface area contributed by atoms with E-state index in [1.54, 1.807) is 12.1 Å². The fourth-order valence-electron chi connectivity index (χ4n) is 2.42. The first-order chi connectivity index (χ1) is 9.66. The molecule has 0 radical (unpaired) electrons. The van der Waals surface area contributed by atoms with Gasteiger partial charge >= 0.3 is 0 Å². The van der Waals surface area contributed by atoms with E-state index in [0.29, 0.717) is 23.2 Å². The molecule has 0 unspecified atom stereocenters. The summed E-state index contributed by atoms with van der Waals surface area (Å²) in [5.41, 5.74) is 6.59. The molecule has 20 heavy (non-hydrogen) atoms. The SMILES string of the molecule is NC(=O)c1ccc(CNCCOC2CCCC2)c(Cl)c1. The van der Waals surface area contributed by atoms with E-state index in [1.165, 1.54) is 25.7 Å². The largest absolute Gasteiger partial charge is 0.377 e. The number of halogens is 1. The number of rotatable bonds is 7. The Kier molecular flexibility index (Phi) is 5.83. The van der Waals surface area contributed by atoms with Crippen LogP contribution in [0.25, 0.3) is 0 Å². The van der Waals surface area contributed by atoms with Gasteiger partial charge in [0.1, 0.15) is 0 Å². The lowest BCUT2D eigenvalue weighted by molar-refractivity contribution is 0.0602. The second-order valence-electron chi connectivity index (χ2n) is 5.12. The molecule has 4 nitrogen and oxygen atoms in total. The number of nitrogens with two attached hydrogens (primary N) is 1. The van der Waals surface area contributed by atoms with Crippen LogP contribution in [0.4, 0.5) is 0 Å². The molecule has 110 valence electrons. The molecule has 0 aliphatic heterocycles. The van der Waals surface area contributed by atoms with Crippen LogP contribution < -0.4 is 11.1 Å². The minimum absolute atomic E-state index is 0.434. The number of hydrogen-bond donors (Lipinski definition) is 2. The molecule has 1 aliphatic rings. The molecule has 0 spiro atoms. The van der Waals surface area contributed by atoms with Crippen molar-refractivity contribution in [3.05, 3.63) is 34.3 Å². The zero-order valence-corrected chi connectivity index (χ0v) is 12.3. The van der Waals surface area contributed by atoms with Crippen LogP contribution in [0.15, 0.2) is 18.2 Å². The highest BCUT2D eigenvalue weighted by atomic mass is 35.5. The van der Waals surface area contributed by atoms with Crippen LogP contribution in [0.3, 0.4) is 0 Å². The number of carbonyl (C=O) groups excluding carboxylic acids is 1. The Hall–Kier alpha value is -1.10. The van der Waals surface area contributed by atoms with E-state index >= 15 is 0 Å². The van der Waals surface area contributed by atoms with Gasteiger partial charge in [0.15, 0.2) is 0 Å². The van der Waals surface area contributed by atoms with Gasteiger partial charge in [-0.2, -0.15) is 0 Å². The van der Waals surface area contributed by atoms with Crippen LogP contribution in [0, 0.1) is 0 Å². The number of primary amides is 1. The normalized spacial score (nSPS) is 15.7. The van der Waals surface area contributed by atoms with Crippen LogP contribution in [0.1, 0.15) is 41.6 Å². The fourth-order valence-corrected chi connectivity index (χ4v) is 2.67. The number of ether oxygens (including phenoxy) is 1. The average Bonchev–Trinajstić information content (AvgIpc) is 2.93. The maximum absolute atomic E-state index is 11.0. The number of amides is 1. The standard InChI is InChI=1S/C15H21ClN2O2/c16-14-9-11(15(17)19)5-6-12(14)10-18-7-8-20-13-3-1-2-4-13/h5-6,9,13,18H,1-4,7-8,10H2,(H2,17,19). The lowest BCUT2D eigenvalue weighted by Crippen LogP contribution is -2.22. The van der Waals surface area contributed by atoms with Crippen molar-refractivity contribution in [3.8, 4) is 0 Å². The molecule has 3 N–H and O–H groups in total. The van der Waals surface area contributed by atoms with Crippen molar-refractivity contribution in [2.75, 3.05) is 13.2 Å². The second kappa shape index (κ2) is 7.62. The molecule has 1 aromatic rings. The minimum atomic E-state index is -0.462. The third-order valence-electron chi connectivity index (χ3n) is 3.59. The van der Waals surface area contributed by atoms with Gasteiger partial charge in [-0.3, -0.25) is 4.79 Å². The summed E-state index contributed by atoms with van der Waals surface area (Å²) in [7, 11) is 0. The Morgan fingerprint density at radius 2 is 2.15 bits per heavy atom. The summed E-state index contributed by atoms with van der Waals surface area (Å²) in [5.74, 6) is -0.462. The van der Waals surface area contributed by atoms with Gasteiger partial charge in [0.25, 0.3) is 0 Å². The fraction of sp³-hybridized carbons (Fsp3) is 0.533. The van der Waals surface area contributed by atoms with Gasteiger partial charge in [0.05, 0.1) is 12.7 Å². The number of hydrogen-bond acceptors (Lipinski definition) is 3. The number of benzene rings is 1. The summed E-state index contributed by atoms with van der Waals surface area (Å²) in [6, 6.07) is 5.13. The third-order valence-corrected chi connectivity index (χ3v) is 3.94. The topological polar surface area (TPSA) is 64.4 Å². The van der Waals surface area contributed by atoms with Gasteiger partial charge in [0, 0.05) is 23.7 Å². The molecule has 2 rings (SSSR count). The highest BCUT2D eigenvalue weighted by molar-refractivity contribution is 6.31. The Morgan fingerprint density at radius 3 is 2.80 bits per heavy atom. The van der Waals surface area contributed by atoms with Crippen molar-refractivity contribution in [1.29, 1.82) is 0 Å². The average molecular weight is 297 g/mol. The van der Waals surface area contributed by atoms with Gasteiger partial charge < -0.3 is 15.8 Å². The van der Waals surface area contributed by atoms with Crippen LogP contribution in [0.2, 0.25) is 5.02 Å². The zero-order chi connectivity index (χ0) is 14.4. The Bertz CT molecular complexity index is 459. The van der Waals surface area contributed by atoms with E-state index in [0.717, 1.165) is 18.7 Å². The van der Waals surface area contributed by atoms with Crippen molar-refractivity contribution < 1.29 is 9.53 Å². The maximum Gasteiger partial charge on any atom is 0.248 e. The first-order valence-corrected chi connectivity index (χ1v) is 7.45. The van der Waals surface area contributed by atoms with Crippen molar-refractivity contribution in [2.24, 2.45) is 5.73 Å². The summed E-state index contributed by atoms with van der Waals surface area (Å²) in [5, 5.41) is 3.85. The predicted molar refractivity (Wildman–Crippen MR) is 79.9 cm³/mol. The van der Waals surface area contributed by atoms with E-state index < -0.39 is 5.91 Å². The van der Waals surface area contributed by atoms with Crippen molar-refractivity contribution in [1.82, 2.24) is 5.32 Å². The van der Waals surface area contributed by atoms with E-state index in [-0.39, 0.29) is 0 Å². The Balaban J connectivity index is 1.69. The summed E-state index contributed by atoms with van der Waals surface area (Å²) in [6.07, 6.45) is 5.43. The molecule has 0 saturated heterocycles. The molecule has 1 fully saturated rings. The van der Waals surface area contributed by atoms with E-state index in [9.17, 15) is 4.79 Å². The summed E-state index contributed by atoms with van der Waals surface area (Å²) < 4.78 is 5.77. The Morgan fingerprint density at radius 1 is 1.40 bits per heavy atom. The van der Waals surface area contributed by atoms with Crippen LogP contribution in [-0.4, -0.2) is 25.2 Å². The summed E-state index contributed by atoms with van der Waals surface area (Å²) in [6.45, 7) is 2.18. The molecule has 1 amide bonds. The van der Waals surface area contributed by atoms with Gasteiger partial charge in [0.2, 0.25) is 5.91 Å². The summed E-state index contributed by atoms with van der Waals surface area (Å²) >= 11 is 6.11. The first kappa shape index (κ1) is 15.3. The highest BCUT2D eigenvalue weighted by Gasteiger charge is 2.14. The van der Waals surface area contributed by atoms with E-state index in [2.05, 4.69) is 5.32 Å². The van der Waals surface area contributed by atoms with Gasteiger partial charge in [-0.15, -0.1) is 0 Å². The second-order valence-corrected chi connectivity index (χ2v) is 5.53. The number of nitrogens with one attached hydrogen (secondary N) is 1. The molecule has 1 saturated carbocycles. The summed E-state index contributed by atoms with van der Waals surface area (Å²) in [4.78, 5) is 11.0. The molecule has 1 aliphatic carbocycles. The molecule has 0 aromatic heterocycles. The van der Waals surface area contributed by atoms with Crippen molar-refractivity contribution in [3.63, 3.8) is 0 Å². The molecule has 0 heterocycles. The van der Waals surface area contributed by atoms with Crippen molar-refractivity contribution >= 4 is 17.5 Å². The van der Waals surface area contributed by atoms with E-state index in [1.807, 2.05) is 6.07 Å². The molecule has 5 heteroatoms. The highest BCUT2D eigenvalue weighted by Crippen LogP contribution is 2.20. The van der Waals surface area contributed by atoms with Crippen molar-refractivity contribution in [2.45, 2.75) is 38.3 Å². The van der Waals surface area contributed by atoms with Gasteiger partial charge in [-0.05, 0) is 30.5 Å². The minimum Gasteiger partial charge on any atom is -0.377 e. The molecule has 0 bridgehead atoms. The molecule has 0 atom stereocenters. The lowest BCUT2D eigenvalue weighted by atomic mass is 10.1. The third kappa shape index (κ3) is 4.47. The molecular weight excluding hydrogens is 276 g/mol. The van der Waals surface area contributed by atoms with Gasteiger partial charge in [-0.25, -0.2) is 0 Å². The van der Waals surface area contributed by atoms with Crippen LogP contribution >= 0.6 is 11.6 Å². The Labute approximate surface area is 124 Å². The number of carbonyl (C=O) groups is 1. The first-order valence-electron chi connectivity index (χ1n) is 7.07. The predicted octanol–water partition coefficient (Wildman–Crippen LogP) is 2.49. The van der Waals surface area contributed by atoms with Gasteiger partial charge in [-0.1, -0.05) is 30.5 Å².